The fourth-order valence-corrected chi connectivity index (χ4v) is 3.79. The quantitative estimate of drug-likeness (QED) is 0.906. The maximum Gasteiger partial charge on any atom is 0.410 e. The van der Waals surface area contributed by atoms with Crippen LogP contribution in [0.5, 0.6) is 5.75 Å². The summed E-state index contributed by atoms with van der Waals surface area (Å²) in [6.07, 6.45) is 1.75. The molecule has 0 radical (unpaired) electrons. The predicted molar refractivity (Wildman–Crippen MR) is 98.0 cm³/mol. The smallest absolute Gasteiger partial charge is 0.410 e. The van der Waals surface area contributed by atoms with E-state index in [-0.39, 0.29) is 12.1 Å². The van der Waals surface area contributed by atoms with E-state index < -0.39 is 5.60 Å². The zero-order valence-electron chi connectivity index (χ0n) is 15.8. The molecule has 1 aromatic rings. The molecule has 1 saturated heterocycles. The molecule has 0 saturated carbocycles. The predicted octanol–water partition coefficient (Wildman–Crippen LogP) is 3.53. The average molecular weight is 346 g/mol. The summed E-state index contributed by atoms with van der Waals surface area (Å²) < 4.78 is 11.4. The fraction of sp³-hybridized carbons (Fsp3) is 0.650. The van der Waals surface area contributed by atoms with Crippen LogP contribution in [0.4, 0.5) is 4.79 Å². The summed E-state index contributed by atoms with van der Waals surface area (Å²) in [5.41, 5.74) is 2.07. The van der Waals surface area contributed by atoms with Crippen LogP contribution in [0.25, 0.3) is 0 Å². The molecule has 5 nitrogen and oxygen atoms in total. The topological polar surface area (TPSA) is 50.8 Å². The van der Waals surface area contributed by atoms with Crippen LogP contribution in [0.15, 0.2) is 18.2 Å². The minimum atomic E-state index is -0.454. The number of likely N-dealkylation sites (tertiary alicyclic amines) is 1. The van der Waals surface area contributed by atoms with Gasteiger partial charge in [-0.1, -0.05) is 25.1 Å². The third kappa shape index (κ3) is 4.09. The number of carbonyl (C=O) groups is 1. The van der Waals surface area contributed by atoms with Gasteiger partial charge in [-0.2, -0.15) is 0 Å². The van der Waals surface area contributed by atoms with Gasteiger partial charge in [0, 0.05) is 31.1 Å². The van der Waals surface area contributed by atoms with E-state index in [1.807, 2.05) is 25.7 Å². The second kappa shape index (κ2) is 7.24. The number of fused-ring (bicyclic) bond motifs is 1. The minimum Gasteiger partial charge on any atom is -0.493 e. The molecule has 0 aliphatic carbocycles. The van der Waals surface area contributed by atoms with Crippen molar-refractivity contribution in [3.63, 3.8) is 0 Å². The van der Waals surface area contributed by atoms with Crippen molar-refractivity contribution in [1.82, 2.24) is 10.2 Å². The lowest BCUT2D eigenvalue weighted by molar-refractivity contribution is 0.0285. The lowest BCUT2D eigenvalue weighted by Crippen LogP contribution is -2.37. The molecule has 0 spiro atoms. The van der Waals surface area contributed by atoms with Gasteiger partial charge in [0.2, 0.25) is 0 Å². The minimum absolute atomic E-state index is 0.200. The lowest BCUT2D eigenvalue weighted by atomic mass is 9.90. The SMILES string of the molecule is CCNC(c1cccc2c1OCC2)C1CCN(C(=O)OC(C)(C)C)C1. The van der Waals surface area contributed by atoms with E-state index in [9.17, 15) is 4.79 Å². The second-order valence-corrected chi connectivity index (χ2v) is 7.94. The van der Waals surface area contributed by atoms with Crippen molar-refractivity contribution in [3.8, 4) is 5.75 Å². The molecule has 2 aliphatic heterocycles. The first-order chi connectivity index (χ1) is 11.9. The summed E-state index contributed by atoms with van der Waals surface area (Å²) in [6, 6.07) is 6.63. The summed E-state index contributed by atoms with van der Waals surface area (Å²) in [4.78, 5) is 14.2. The molecule has 5 heteroatoms. The van der Waals surface area contributed by atoms with Crippen LogP contribution in [0.1, 0.15) is 51.3 Å². The Balaban J connectivity index is 1.75. The maximum atomic E-state index is 12.4. The van der Waals surface area contributed by atoms with Gasteiger partial charge in [-0.05, 0) is 45.2 Å². The first-order valence-electron chi connectivity index (χ1n) is 9.35. The zero-order chi connectivity index (χ0) is 18.0. The van der Waals surface area contributed by atoms with Crippen molar-refractivity contribution >= 4 is 6.09 Å². The van der Waals surface area contributed by atoms with Crippen molar-refractivity contribution in [2.75, 3.05) is 26.2 Å². The molecular weight excluding hydrogens is 316 g/mol. The summed E-state index contributed by atoms with van der Waals surface area (Å²) in [5.74, 6) is 1.41. The molecule has 1 aromatic carbocycles. The standard InChI is InChI=1S/C20H30N2O3/c1-5-21-17(16-8-6-7-14-10-12-24-18(14)16)15-9-11-22(13-15)19(23)25-20(2,3)4/h6-8,15,17,21H,5,9-13H2,1-4H3. The molecule has 25 heavy (non-hydrogen) atoms. The Morgan fingerprint density at radius 3 is 2.96 bits per heavy atom. The van der Waals surface area contributed by atoms with E-state index in [1.165, 1.54) is 11.1 Å². The molecule has 2 aliphatic rings. The van der Waals surface area contributed by atoms with Gasteiger partial charge in [-0.25, -0.2) is 4.79 Å². The summed E-state index contributed by atoms with van der Waals surface area (Å²) >= 11 is 0. The van der Waals surface area contributed by atoms with Crippen LogP contribution in [-0.2, 0) is 11.2 Å². The first-order valence-corrected chi connectivity index (χ1v) is 9.35. The third-order valence-corrected chi connectivity index (χ3v) is 4.85. The zero-order valence-corrected chi connectivity index (χ0v) is 15.8. The lowest BCUT2D eigenvalue weighted by Gasteiger charge is -2.27. The number of hydrogen-bond donors (Lipinski definition) is 1. The summed E-state index contributed by atoms with van der Waals surface area (Å²) in [5, 5.41) is 3.62. The fourth-order valence-electron chi connectivity index (χ4n) is 3.79. The molecule has 2 unspecified atom stereocenters. The number of amides is 1. The maximum absolute atomic E-state index is 12.4. The summed E-state index contributed by atoms with van der Waals surface area (Å²) in [6.45, 7) is 11.0. The first kappa shape index (κ1) is 18.1. The van der Waals surface area contributed by atoms with E-state index >= 15 is 0 Å². The molecule has 2 heterocycles. The number of benzene rings is 1. The van der Waals surface area contributed by atoms with Gasteiger partial charge in [0.1, 0.15) is 11.4 Å². The van der Waals surface area contributed by atoms with E-state index in [1.54, 1.807) is 0 Å². The Kier molecular flexibility index (Phi) is 5.23. The summed E-state index contributed by atoms with van der Waals surface area (Å²) in [7, 11) is 0. The largest absolute Gasteiger partial charge is 0.493 e. The Hall–Kier alpha value is -1.75. The van der Waals surface area contributed by atoms with Crippen LogP contribution < -0.4 is 10.1 Å². The normalized spacial score (nSPS) is 21.0. The van der Waals surface area contributed by atoms with Crippen molar-refractivity contribution in [3.05, 3.63) is 29.3 Å². The molecule has 138 valence electrons. The van der Waals surface area contributed by atoms with Gasteiger partial charge in [0.25, 0.3) is 0 Å². The number of ether oxygens (including phenoxy) is 2. The number of carbonyl (C=O) groups excluding carboxylic acids is 1. The molecule has 1 N–H and O–H groups in total. The van der Waals surface area contributed by atoms with E-state index in [4.69, 9.17) is 9.47 Å². The highest BCUT2D eigenvalue weighted by Crippen LogP contribution is 2.39. The van der Waals surface area contributed by atoms with Crippen LogP contribution in [-0.4, -0.2) is 42.8 Å². The molecule has 1 amide bonds. The van der Waals surface area contributed by atoms with Crippen LogP contribution in [0.3, 0.4) is 0 Å². The average Bonchev–Trinajstić information content (AvgIpc) is 3.19. The second-order valence-electron chi connectivity index (χ2n) is 7.94. The number of rotatable bonds is 4. The number of nitrogens with zero attached hydrogens (tertiary/aromatic N) is 1. The highest BCUT2D eigenvalue weighted by Gasteiger charge is 2.36. The van der Waals surface area contributed by atoms with Gasteiger partial charge < -0.3 is 19.7 Å². The van der Waals surface area contributed by atoms with Crippen LogP contribution >= 0.6 is 0 Å². The van der Waals surface area contributed by atoms with E-state index in [0.717, 1.165) is 44.8 Å². The Morgan fingerprint density at radius 2 is 2.24 bits per heavy atom. The van der Waals surface area contributed by atoms with Gasteiger partial charge in [-0.15, -0.1) is 0 Å². The van der Waals surface area contributed by atoms with E-state index in [0.29, 0.717) is 5.92 Å². The van der Waals surface area contributed by atoms with Crippen molar-refractivity contribution in [2.45, 2.75) is 52.2 Å². The van der Waals surface area contributed by atoms with E-state index in [2.05, 4.69) is 30.4 Å². The van der Waals surface area contributed by atoms with Crippen LogP contribution in [0, 0.1) is 5.92 Å². The van der Waals surface area contributed by atoms with Gasteiger partial charge in [-0.3, -0.25) is 0 Å². The van der Waals surface area contributed by atoms with Gasteiger partial charge >= 0.3 is 6.09 Å². The highest BCUT2D eigenvalue weighted by molar-refractivity contribution is 5.68. The Bertz CT molecular complexity index is 624. The molecular formula is C20H30N2O3. The molecule has 2 atom stereocenters. The monoisotopic (exact) mass is 346 g/mol. The van der Waals surface area contributed by atoms with Crippen molar-refractivity contribution in [1.29, 1.82) is 0 Å². The van der Waals surface area contributed by atoms with Crippen LogP contribution in [0.2, 0.25) is 0 Å². The molecule has 3 rings (SSSR count). The van der Waals surface area contributed by atoms with Crippen molar-refractivity contribution < 1.29 is 14.3 Å². The van der Waals surface area contributed by atoms with Crippen molar-refractivity contribution in [2.24, 2.45) is 5.92 Å². The number of hydrogen-bond acceptors (Lipinski definition) is 4. The Morgan fingerprint density at radius 1 is 1.44 bits per heavy atom. The number of para-hydroxylation sites is 1. The Labute approximate surface area is 150 Å². The molecule has 0 aromatic heterocycles. The van der Waals surface area contributed by atoms with Gasteiger partial charge in [0.05, 0.1) is 6.61 Å². The molecule has 1 fully saturated rings. The third-order valence-electron chi connectivity index (χ3n) is 4.85. The van der Waals surface area contributed by atoms with Gasteiger partial charge in [0.15, 0.2) is 0 Å². The highest BCUT2D eigenvalue weighted by atomic mass is 16.6. The molecule has 0 bridgehead atoms. The number of nitrogens with one attached hydrogen (secondary N) is 1.